The van der Waals surface area contributed by atoms with Gasteiger partial charge in [0.2, 0.25) is 0 Å². The van der Waals surface area contributed by atoms with Crippen LogP contribution in [0.5, 0.6) is 0 Å². The van der Waals surface area contributed by atoms with E-state index in [9.17, 15) is 0 Å². The number of nitrogens with one attached hydrogen (secondary N) is 1. The zero-order chi connectivity index (χ0) is 14.2. The van der Waals surface area contributed by atoms with E-state index in [1.54, 1.807) is 11.1 Å². The smallest absolute Gasteiger partial charge is 0.0777 e. The van der Waals surface area contributed by atoms with Crippen molar-refractivity contribution in [1.29, 1.82) is 0 Å². The topological polar surface area (TPSA) is 12.0 Å². The number of hydrogen-bond donors (Lipinski definition) is 1. The van der Waals surface area contributed by atoms with Gasteiger partial charge in [0.15, 0.2) is 0 Å². The van der Waals surface area contributed by atoms with Crippen molar-refractivity contribution in [3.63, 3.8) is 0 Å². The summed E-state index contributed by atoms with van der Waals surface area (Å²) in [7, 11) is -0.459. The Bertz CT molecular complexity index is 387. The van der Waals surface area contributed by atoms with Crippen LogP contribution in [-0.4, -0.2) is 20.0 Å². The summed E-state index contributed by atoms with van der Waals surface area (Å²) in [6.07, 6.45) is 6.99. The molecule has 1 N–H and O–H groups in total. The molecule has 2 rings (SSSR count). The van der Waals surface area contributed by atoms with Crippen molar-refractivity contribution < 1.29 is 0 Å². The van der Waals surface area contributed by atoms with E-state index in [4.69, 9.17) is 0 Å². The zero-order valence-electron chi connectivity index (χ0n) is 13.6. The van der Waals surface area contributed by atoms with Crippen LogP contribution in [-0.2, 0) is 0 Å². The third-order valence-electron chi connectivity index (χ3n) is 5.59. The Kier molecular flexibility index (Phi) is 4.41. The van der Waals surface area contributed by atoms with Crippen LogP contribution in [0.3, 0.4) is 0 Å². The van der Waals surface area contributed by atoms with Crippen molar-refractivity contribution in [1.82, 2.24) is 5.32 Å². The van der Waals surface area contributed by atoms with Crippen LogP contribution in [0.2, 0.25) is 13.1 Å². The van der Waals surface area contributed by atoms with Gasteiger partial charge in [0, 0.05) is 11.2 Å². The summed E-state index contributed by atoms with van der Waals surface area (Å²) >= 11 is 0. The van der Waals surface area contributed by atoms with Gasteiger partial charge < -0.3 is 5.32 Å². The third kappa shape index (κ3) is 2.38. The lowest BCUT2D eigenvalue weighted by Gasteiger charge is -2.42. The van der Waals surface area contributed by atoms with Crippen LogP contribution >= 0.6 is 0 Å². The minimum atomic E-state index is -0.459. The van der Waals surface area contributed by atoms with Gasteiger partial charge in [-0.3, -0.25) is 0 Å². The van der Waals surface area contributed by atoms with Gasteiger partial charge in [-0.25, -0.2) is 0 Å². The highest BCUT2D eigenvalue weighted by Crippen LogP contribution is 2.42. The molecule has 0 spiro atoms. The standard InChI is InChI=1S/C17H30NSi/c1-12-13(2)15(4)17(14(12)3,19(5)6)18-16-10-8-7-9-11-16/h16,18H,7-11H2,1-6H3. The predicted molar refractivity (Wildman–Crippen MR) is 87.0 cm³/mol. The van der Waals surface area contributed by atoms with Crippen molar-refractivity contribution in [2.45, 2.75) is 84.1 Å². The van der Waals surface area contributed by atoms with Crippen LogP contribution < -0.4 is 5.32 Å². The summed E-state index contributed by atoms with van der Waals surface area (Å²) in [4.78, 5) is 0. The van der Waals surface area contributed by atoms with Crippen molar-refractivity contribution in [2.75, 3.05) is 0 Å². The van der Waals surface area contributed by atoms with Crippen LogP contribution in [0.15, 0.2) is 22.3 Å². The lowest BCUT2D eigenvalue weighted by Crippen LogP contribution is -2.59. The van der Waals surface area contributed by atoms with E-state index in [0.29, 0.717) is 0 Å². The van der Waals surface area contributed by atoms with Gasteiger partial charge in [0.05, 0.1) is 8.80 Å². The second kappa shape index (κ2) is 5.57. The van der Waals surface area contributed by atoms with E-state index in [2.05, 4.69) is 46.1 Å². The molecule has 0 aromatic rings. The van der Waals surface area contributed by atoms with Crippen molar-refractivity contribution in [3.8, 4) is 0 Å². The van der Waals surface area contributed by atoms with Gasteiger partial charge in [0.25, 0.3) is 0 Å². The molecule has 2 aliphatic carbocycles. The first-order valence-electron chi connectivity index (χ1n) is 7.86. The Balaban J connectivity index is 2.34. The van der Waals surface area contributed by atoms with Crippen molar-refractivity contribution >= 4 is 8.80 Å². The normalized spacial score (nSPS) is 24.8. The van der Waals surface area contributed by atoms with E-state index in [1.165, 1.54) is 43.3 Å². The number of rotatable bonds is 3. The predicted octanol–water partition coefficient (Wildman–Crippen LogP) is 4.63. The summed E-state index contributed by atoms with van der Waals surface area (Å²) in [6, 6.07) is 0.734. The van der Waals surface area contributed by atoms with E-state index >= 15 is 0 Å². The molecule has 1 saturated carbocycles. The van der Waals surface area contributed by atoms with Gasteiger partial charge in [-0.15, -0.1) is 0 Å². The molecule has 1 fully saturated rings. The van der Waals surface area contributed by atoms with E-state index in [1.807, 2.05) is 0 Å². The first-order chi connectivity index (χ1) is 8.91. The lowest BCUT2D eigenvalue weighted by atomic mass is 9.93. The highest BCUT2D eigenvalue weighted by atomic mass is 28.3. The minimum Gasteiger partial charge on any atom is -0.304 e. The Hall–Kier alpha value is -0.343. The van der Waals surface area contributed by atoms with E-state index < -0.39 is 8.80 Å². The average molecular weight is 277 g/mol. The molecule has 2 heteroatoms. The molecule has 0 aromatic heterocycles. The fourth-order valence-electron chi connectivity index (χ4n) is 4.07. The molecular weight excluding hydrogens is 246 g/mol. The summed E-state index contributed by atoms with van der Waals surface area (Å²) < 4.78 is 0. The maximum Gasteiger partial charge on any atom is 0.0777 e. The van der Waals surface area contributed by atoms with Gasteiger partial charge in [-0.05, 0) is 62.8 Å². The van der Waals surface area contributed by atoms with Crippen molar-refractivity contribution in [3.05, 3.63) is 22.3 Å². The van der Waals surface area contributed by atoms with E-state index in [-0.39, 0.29) is 5.16 Å². The Morgan fingerprint density at radius 2 is 1.37 bits per heavy atom. The van der Waals surface area contributed by atoms with Crippen molar-refractivity contribution in [2.24, 2.45) is 0 Å². The Morgan fingerprint density at radius 1 is 0.895 bits per heavy atom. The fourth-order valence-corrected chi connectivity index (χ4v) is 6.44. The van der Waals surface area contributed by atoms with E-state index in [0.717, 1.165) is 6.04 Å². The molecule has 1 nitrogen and oxygen atoms in total. The van der Waals surface area contributed by atoms with Crippen LogP contribution in [0.25, 0.3) is 0 Å². The van der Waals surface area contributed by atoms with Gasteiger partial charge >= 0.3 is 0 Å². The van der Waals surface area contributed by atoms with Crippen LogP contribution in [0, 0.1) is 0 Å². The molecule has 2 aliphatic rings. The molecule has 0 atom stereocenters. The molecule has 0 aliphatic heterocycles. The lowest BCUT2D eigenvalue weighted by molar-refractivity contribution is 0.346. The Morgan fingerprint density at radius 3 is 1.79 bits per heavy atom. The SMILES string of the molecule is CC1=C(C)C(NC2CCCCC2)([Si](C)C)C(C)=C1C. The molecule has 0 unspecified atom stereocenters. The molecule has 19 heavy (non-hydrogen) atoms. The third-order valence-corrected chi connectivity index (χ3v) is 7.98. The molecule has 107 valence electrons. The summed E-state index contributed by atoms with van der Waals surface area (Å²) in [5.41, 5.74) is 6.28. The second-order valence-electron chi connectivity index (χ2n) is 6.73. The molecular formula is C17H30NSi. The summed E-state index contributed by atoms with van der Waals surface area (Å²) in [6.45, 7) is 14.3. The molecule has 0 bridgehead atoms. The zero-order valence-corrected chi connectivity index (χ0v) is 14.6. The molecule has 0 amide bonds. The number of hydrogen-bond acceptors (Lipinski definition) is 1. The summed E-state index contributed by atoms with van der Waals surface area (Å²) in [5.74, 6) is 0. The highest BCUT2D eigenvalue weighted by Gasteiger charge is 2.44. The maximum atomic E-state index is 4.12. The summed E-state index contributed by atoms with van der Waals surface area (Å²) in [5, 5.41) is 4.34. The Labute approximate surface area is 121 Å². The number of allylic oxidation sites excluding steroid dienone is 2. The first kappa shape index (κ1) is 15.1. The highest BCUT2D eigenvalue weighted by molar-refractivity contribution is 6.62. The monoisotopic (exact) mass is 276 g/mol. The molecule has 0 saturated heterocycles. The quantitative estimate of drug-likeness (QED) is 0.741. The maximum absolute atomic E-state index is 4.12. The fraction of sp³-hybridized carbons (Fsp3) is 0.765. The van der Waals surface area contributed by atoms with Crippen LogP contribution in [0.1, 0.15) is 59.8 Å². The minimum absolute atomic E-state index is 0.223. The van der Waals surface area contributed by atoms with Gasteiger partial charge in [0.1, 0.15) is 0 Å². The van der Waals surface area contributed by atoms with Gasteiger partial charge in [-0.1, -0.05) is 32.4 Å². The van der Waals surface area contributed by atoms with Gasteiger partial charge in [-0.2, -0.15) is 0 Å². The molecule has 0 aromatic carbocycles. The molecule has 1 radical (unpaired) electrons. The van der Waals surface area contributed by atoms with Crippen LogP contribution in [0.4, 0.5) is 0 Å². The second-order valence-corrected chi connectivity index (χ2v) is 9.48. The average Bonchev–Trinajstić information content (AvgIpc) is 2.56. The largest absolute Gasteiger partial charge is 0.304 e. The first-order valence-corrected chi connectivity index (χ1v) is 10.4. The molecule has 0 heterocycles.